The number of amides is 1. The molecule has 0 aliphatic rings. The monoisotopic (exact) mass is 325 g/mol. The fourth-order valence-corrected chi connectivity index (χ4v) is 2.97. The minimum Gasteiger partial charge on any atom is -0.469 e. The molecule has 0 aromatic heterocycles. The van der Waals surface area contributed by atoms with E-state index in [2.05, 4.69) is 0 Å². The van der Waals surface area contributed by atoms with E-state index in [1.807, 2.05) is 56.3 Å². The average Bonchev–Trinajstić information content (AvgIpc) is 2.56. The van der Waals surface area contributed by atoms with Crippen LogP contribution in [-0.2, 0) is 14.3 Å². The van der Waals surface area contributed by atoms with Crippen molar-refractivity contribution in [2.45, 2.75) is 33.6 Å². The number of esters is 1. The molecule has 1 amide bonds. The van der Waals surface area contributed by atoms with E-state index in [1.165, 1.54) is 14.0 Å². The quantitative estimate of drug-likeness (QED) is 0.789. The summed E-state index contributed by atoms with van der Waals surface area (Å²) in [6.45, 7) is 7.27. The lowest BCUT2D eigenvalue weighted by atomic mass is 9.97. The third-order valence-corrected chi connectivity index (χ3v) is 4.18. The molecule has 0 saturated carbocycles. The molecule has 0 saturated heterocycles. The number of anilines is 2. The van der Waals surface area contributed by atoms with Crippen LogP contribution in [0.5, 0.6) is 0 Å². The molecule has 1 unspecified atom stereocenters. The highest BCUT2D eigenvalue weighted by Gasteiger charge is 2.25. The van der Waals surface area contributed by atoms with Crippen molar-refractivity contribution in [3.05, 3.63) is 59.2 Å². The molecule has 2 rings (SSSR count). The SMILES string of the molecule is COC(=O)C(C)c1ccccc1N(C(C)=O)c1c(C)cccc1C. The average molecular weight is 325 g/mol. The van der Waals surface area contributed by atoms with Gasteiger partial charge in [0.05, 0.1) is 24.4 Å². The van der Waals surface area contributed by atoms with E-state index in [4.69, 9.17) is 4.74 Å². The van der Waals surface area contributed by atoms with Gasteiger partial charge >= 0.3 is 5.97 Å². The Labute approximate surface area is 143 Å². The Kier molecular flexibility index (Phi) is 5.39. The number of benzene rings is 2. The topological polar surface area (TPSA) is 46.6 Å². The summed E-state index contributed by atoms with van der Waals surface area (Å²) in [5.41, 5.74) is 4.34. The molecule has 4 heteroatoms. The zero-order chi connectivity index (χ0) is 17.9. The number of para-hydroxylation sites is 2. The van der Waals surface area contributed by atoms with E-state index in [-0.39, 0.29) is 11.9 Å². The predicted octanol–water partition coefficient (Wildman–Crippen LogP) is 4.26. The lowest BCUT2D eigenvalue weighted by molar-refractivity contribution is -0.142. The first-order valence-electron chi connectivity index (χ1n) is 7.92. The summed E-state index contributed by atoms with van der Waals surface area (Å²) in [6, 6.07) is 13.4. The molecule has 0 aliphatic heterocycles. The molecule has 0 spiro atoms. The van der Waals surface area contributed by atoms with E-state index in [9.17, 15) is 9.59 Å². The number of nitrogens with zero attached hydrogens (tertiary/aromatic N) is 1. The second-order valence-electron chi connectivity index (χ2n) is 5.90. The first kappa shape index (κ1) is 17.7. The van der Waals surface area contributed by atoms with Gasteiger partial charge in [0.25, 0.3) is 0 Å². The van der Waals surface area contributed by atoms with Gasteiger partial charge in [-0.1, -0.05) is 36.4 Å². The first-order valence-corrected chi connectivity index (χ1v) is 7.92. The summed E-state index contributed by atoms with van der Waals surface area (Å²) in [7, 11) is 1.37. The summed E-state index contributed by atoms with van der Waals surface area (Å²) in [4.78, 5) is 26.2. The maximum atomic E-state index is 12.5. The maximum absolute atomic E-state index is 12.5. The van der Waals surface area contributed by atoms with Crippen molar-refractivity contribution in [1.29, 1.82) is 0 Å². The van der Waals surface area contributed by atoms with E-state index < -0.39 is 5.92 Å². The van der Waals surface area contributed by atoms with Crippen molar-refractivity contribution < 1.29 is 14.3 Å². The van der Waals surface area contributed by atoms with Crippen LogP contribution < -0.4 is 4.90 Å². The summed E-state index contributed by atoms with van der Waals surface area (Å²) < 4.78 is 4.87. The Morgan fingerprint density at radius 2 is 1.58 bits per heavy atom. The van der Waals surface area contributed by atoms with Gasteiger partial charge in [-0.2, -0.15) is 0 Å². The number of methoxy groups -OCH3 is 1. The van der Waals surface area contributed by atoms with Crippen molar-refractivity contribution in [2.24, 2.45) is 0 Å². The third kappa shape index (κ3) is 3.32. The normalized spacial score (nSPS) is 11.7. The minimum atomic E-state index is -0.461. The molecule has 0 heterocycles. The van der Waals surface area contributed by atoms with Crippen LogP contribution in [0.3, 0.4) is 0 Å². The lowest BCUT2D eigenvalue weighted by Crippen LogP contribution is -2.26. The Balaban J connectivity index is 2.67. The van der Waals surface area contributed by atoms with E-state index in [0.29, 0.717) is 5.69 Å². The molecule has 0 radical (unpaired) electrons. The van der Waals surface area contributed by atoms with Gasteiger partial charge in [-0.05, 0) is 43.5 Å². The highest BCUT2D eigenvalue weighted by molar-refractivity contribution is 6.02. The Morgan fingerprint density at radius 1 is 1.00 bits per heavy atom. The van der Waals surface area contributed by atoms with Gasteiger partial charge in [-0.3, -0.25) is 14.5 Å². The second-order valence-corrected chi connectivity index (χ2v) is 5.90. The van der Waals surface area contributed by atoms with E-state index in [1.54, 1.807) is 11.8 Å². The number of carbonyl (C=O) groups excluding carboxylic acids is 2. The van der Waals surface area contributed by atoms with E-state index >= 15 is 0 Å². The van der Waals surface area contributed by atoms with Gasteiger partial charge in [0.2, 0.25) is 5.91 Å². The second kappa shape index (κ2) is 7.30. The summed E-state index contributed by atoms with van der Waals surface area (Å²) in [5.74, 6) is -0.887. The van der Waals surface area contributed by atoms with Crippen LogP contribution in [-0.4, -0.2) is 19.0 Å². The first-order chi connectivity index (χ1) is 11.4. The molecule has 0 N–H and O–H groups in total. The van der Waals surface area contributed by atoms with Crippen LogP contribution in [0, 0.1) is 13.8 Å². The van der Waals surface area contributed by atoms with Crippen molar-refractivity contribution in [3.63, 3.8) is 0 Å². The summed E-state index contributed by atoms with van der Waals surface area (Å²) in [6.07, 6.45) is 0. The van der Waals surface area contributed by atoms with Crippen LogP contribution >= 0.6 is 0 Å². The smallest absolute Gasteiger partial charge is 0.312 e. The molecule has 4 nitrogen and oxygen atoms in total. The van der Waals surface area contributed by atoms with Gasteiger partial charge in [0.15, 0.2) is 0 Å². The van der Waals surface area contributed by atoms with Gasteiger partial charge in [-0.15, -0.1) is 0 Å². The van der Waals surface area contributed by atoms with Crippen molar-refractivity contribution in [1.82, 2.24) is 0 Å². The molecular formula is C20H23NO3. The highest BCUT2D eigenvalue weighted by atomic mass is 16.5. The van der Waals surface area contributed by atoms with Crippen LogP contribution in [0.4, 0.5) is 11.4 Å². The van der Waals surface area contributed by atoms with Crippen LogP contribution in [0.2, 0.25) is 0 Å². The summed E-state index contributed by atoms with van der Waals surface area (Å²) >= 11 is 0. The molecule has 1 atom stereocenters. The zero-order valence-corrected chi connectivity index (χ0v) is 14.8. The highest BCUT2D eigenvalue weighted by Crippen LogP contribution is 2.36. The molecular weight excluding hydrogens is 302 g/mol. The van der Waals surface area contributed by atoms with Crippen molar-refractivity contribution >= 4 is 23.3 Å². The predicted molar refractivity (Wildman–Crippen MR) is 95.6 cm³/mol. The maximum Gasteiger partial charge on any atom is 0.312 e. The van der Waals surface area contributed by atoms with Crippen LogP contribution in [0.1, 0.15) is 36.5 Å². The fourth-order valence-electron chi connectivity index (χ4n) is 2.97. The number of aryl methyl sites for hydroxylation is 2. The number of carbonyl (C=O) groups is 2. The number of rotatable bonds is 4. The van der Waals surface area contributed by atoms with Crippen LogP contribution in [0.25, 0.3) is 0 Å². The molecule has 0 aliphatic carbocycles. The van der Waals surface area contributed by atoms with Gasteiger partial charge in [-0.25, -0.2) is 0 Å². The molecule has 0 fully saturated rings. The van der Waals surface area contributed by atoms with Crippen molar-refractivity contribution in [3.8, 4) is 0 Å². The Hall–Kier alpha value is -2.62. The molecule has 24 heavy (non-hydrogen) atoms. The van der Waals surface area contributed by atoms with Gasteiger partial charge < -0.3 is 4.74 Å². The van der Waals surface area contributed by atoms with Gasteiger partial charge in [0.1, 0.15) is 0 Å². The van der Waals surface area contributed by atoms with Crippen LogP contribution in [0.15, 0.2) is 42.5 Å². The largest absolute Gasteiger partial charge is 0.469 e. The summed E-state index contributed by atoms with van der Waals surface area (Å²) in [5, 5.41) is 0. The number of hydrogen-bond donors (Lipinski definition) is 0. The molecule has 126 valence electrons. The molecule has 2 aromatic rings. The molecule has 2 aromatic carbocycles. The number of ether oxygens (including phenoxy) is 1. The molecule has 0 bridgehead atoms. The fraction of sp³-hybridized carbons (Fsp3) is 0.300. The Morgan fingerprint density at radius 3 is 2.12 bits per heavy atom. The standard InChI is InChI=1S/C20H23NO3/c1-13-9-8-10-14(2)19(13)21(16(4)22)18-12-7-6-11-17(18)15(3)20(23)24-5/h6-12,15H,1-5H3. The van der Waals surface area contributed by atoms with Crippen molar-refractivity contribution in [2.75, 3.05) is 12.0 Å². The Bertz CT molecular complexity index is 747. The van der Waals surface area contributed by atoms with Gasteiger partial charge in [0, 0.05) is 6.92 Å². The lowest BCUT2D eigenvalue weighted by Gasteiger charge is -2.28. The zero-order valence-electron chi connectivity index (χ0n) is 14.8. The number of hydrogen-bond acceptors (Lipinski definition) is 3. The van der Waals surface area contributed by atoms with E-state index in [0.717, 1.165) is 22.4 Å². The minimum absolute atomic E-state index is 0.100. The third-order valence-electron chi connectivity index (χ3n) is 4.18.